The molecule has 4 nitrogen and oxygen atoms in total. The summed E-state index contributed by atoms with van der Waals surface area (Å²) in [6.07, 6.45) is 3.65. The molecule has 0 fully saturated rings. The van der Waals surface area contributed by atoms with Crippen molar-refractivity contribution < 1.29 is 13.2 Å². The molecule has 0 amide bonds. The van der Waals surface area contributed by atoms with E-state index < -0.39 is 9.84 Å². The van der Waals surface area contributed by atoms with Gasteiger partial charge >= 0.3 is 0 Å². The van der Waals surface area contributed by atoms with E-state index in [9.17, 15) is 13.2 Å². The smallest absolute Gasteiger partial charge is 0.193 e. The molecule has 0 atom stereocenters. The molecule has 1 aliphatic carbocycles. The van der Waals surface area contributed by atoms with Gasteiger partial charge in [0, 0.05) is 34.8 Å². The average molecular weight is 327 g/mol. The SMILES string of the molecule is CC1=C(C(=O)c2ccc(S(C)(=O)=O)cc2)c2cnc(C)cc2C1. The maximum atomic E-state index is 12.8. The van der Waals surface area contributed by atoms with Crippen LogP contribution in [0.15, 0.2) is 47.0 Å². The van der Waals surface area contributed by atoms with Crippen LogP contribution in [0.2, 0.25) is 0 Å². The van der Waals surface area contributed by atoms with E-state index in [-0.39, 0.29) is 10.7 Å². The molecule has 0 bridgehead atoms. The van der Waals surface area contributed by atoms with E-state index >= 15 is 0 Å². The number of Topliss-reactive ketones (excluding diaryl/α,β-unsaturated/α-hetero) is 1. The number of allylic oxidation sites excluding steroid dienone is 2. The van der Waals surface area contributed by atoms with E-state index in [1.54, 1.807) is 18.3 Å². The molecule has 0 radical (unpaired) electrons. The molecule has 1 aromatic carbocycles. The number of hydrogen-bond acceptors (Lipinski definition) is 4. The first kappa shape index (κ1) is 15.6. The highest BCUT2D eigenvalue weighted by Gasteiger charge is 2.25. The van der Waals surface area contributed by atoms with Crippen LogP contribution in [0.1, 0.15) is 34.1 Å². The summed E-state index contributed by atoms with van der Waals surface area (Å²) in [6.45, 7) is 3.88. The summed E-state index contributed by atoms with van der Waals surface area (Å²) in [4.78, 5) is 17.3. The Bertz CT molecular complexity index is 939. The number of carbonyl (C=O) groups is 1. The number of carbonyl (C=O) groups excluding carboxylic acids is 1. The van der Waals surface area contributed by atoms with Crippen molar-refractivity contribution in [2.24, 2.45) is 0 Å². The van der Waals surface area contributed by atoms with Crippen molar-refractivity contribution in [3.05, 3.63) is 64.5 Å². The number of benzene rings is 1. The molecule has 2 aromatic rings. The van der Waals surface area contributed by atoms with Gasteiger partial charge in [-0.25, -0.2) is 8.42 Å². The van der Waals surface area contributed by atoms with Gasteiger partial charge in [-0.1, -0.05) is 5.57 Å². The van der Waals surface area contributed by atoms with Crippen LogP contribution < -0.4 is 0 Å². The van der Waals surface area contributed by atoms with Crippen LogP contribution in [-0.4, -0.2) is 25.4 Å². The number of sulfone groups is 1. The van der Waals surface area contributed by atoms with Gasteiger partial charge in [0.05, 0.1) is 4.90 Å². The summed E-state index contributed by atoms with van der Waals surface area (Å²) in [5, 5.41) is 0. The summed E-state index contributed by atoms with van der Waals surface area (Å²) in [6, 6.07) is 8.09. The zero-order chi connectivity index (χ0) is 16.8. The first-order chi connectivity index (χ1) is 10.8. The van der Waals surface area contributed by atoms with Gasteiger partial charge in [-0.15, -0.1) is 0 Å². The van der Waals surface area contributed by atoms with E-state index in [0.29, 0.717) is 11.1 Å². The summed E-state index contributed by atoms with van der Waals surface area (Å²) < 4.78 is 23.0. The topological polar surface area (TPSA) is 64.1 Å². The second-order valence-electron chi connectivity index (χ2n) is 5.94. The second kappa shape index (κ2) is 5.42. The minimum Gasteiger partial charge on any atom is -0.289 e. The quantitative estimate of drug-likeness (QED) is 0.813. The van der Waals surface area contributed by atoms with Crippen LogP contribution in [0.25, 0.3) is 5.57 Å². The summed E-state index contributed by atoms with van der Waals surface area (Å²) in [5.41, 5.74) is 5.11. The summed E-state index contributed by atoms with van der Waals surface area (Å²) >= 11 is 0. The third-order valence-electron chi connectivity index (χ3n) is 4.05. The van der Waals surface area contributed by atoms with Crippen LogP contribution in [0.3, 0.4) is 0 Å². The molecule has 1 heterocycles. The lowest BCUT2D eigenvalue weighted by Crippen LogP contribution is -2.04. The van der Waals surface area contributed by atoms with Crippen LogP contribution in [0, 0.1) is 6.92 Å². The van der Waals surface area contributed by atoms with Crippen molar-refractivity contribution in [1.82, 2.24) is 4.98 Å². The highest BCUT2D eigenvalue weighted by molar-refractivity contribution is 7.90. The van der Waals surface area contributed by atoms with Crippen molar-refractivity contribution in [1.29, 1.82) is 0 Å². The third kappa shape index (κ3) is 2.84. The van der Waals surface area contributed by atoms with Gasteiger partial charge in [-0.05, 0) is 56.2 Å². The molecule has 23 heavy (non-hydrogen) atoms. The highest BCUT2D eigenvalue weighted by atomic mass is 32.2. The Hall–Kier alpha value is -2.27. The molecule has 0 aliphatic heterocycles. The minimum atomic E-state index is -3.26. The molecule has 118 valence electrons. The Labute approximate surface area is 135 Å². The van der Waals surface area contributed by atoms with Gasteiger partial charge in [-0.2, -0.15) is 0 Å². The molecule has 0 unspecified atom stereocenters. The molecular formula is C18H17NO3S. The number of aromatic nitrogens is 1. The Kier molecular flexibility index (Phi) is 3.68. The zero-order valence-electron chi connectivity index (χ0n) is 13.3. The number of pyridine rings is 1. The maximum absolute atomic E-state index is 12.8. The van der Waals surface area contributed by atoms with E-state index in [2.05, 4.69) is 4.98 Å². The normalized spacial score (nSPS) is 14.0. The molecule has 0 saturated carbocycles. The Morgan fingerprint density at radius 3 is 2.39 bits per heavy atom. The molecular weight excluding hydrogens is 310 g/mol. The van der Waals surface area contributed by atoms with Gasteiger partial charge in [-0.3, -0.25) is 9.78 Å². The fourth-order valence-corrected chi connectivity index (χ4v) is 3.54. The van der Waals surface area contributed by atoms with Crippen LogP contribution in [0.5, 0.6) is 0 Å². The molecule has 5 heteroatoms. The number of fused-ring (bicyclic) bond motifs is 1. The van der Waals surface area contributed by atoms with E-state index in [4.69, 9.17) is 0 Å². The lowest BCUT2D eigenvalue weighted by atomic mass is 9.97. The van der Waals surface area contributed by atoms with E-state index in [0.717, 1.165) is 35.1 Å². The van der Waals surface area contributed by atoms with Gasteiger partial charge in [0.2, 0.25) is 0 Å². The number of ketones is 1. The Morgan fingerprint density at radius 2 is 1.78 bits per heavy atom. The summed E-state index contributed by atoms with van der Waals surface area (Å²) in [7, 11) is -3.26. The fraction of sp³-hybridized carbons (Fsp3) is 0.222. The molecule has 1 aliphatic rings. The molecule has 3 rings (SSSR count). The van der Waals surface area contributed by atoms with Gasteiger partial charge in [0.15, 0.2) is 15.6 Å². The highest BCUT2D eigenvalue weighted by Crippen LogP contribution is 2.34. The van der Waals surface area contributed by atoms with E-state index in [1.807, 2.05) is 19.9 Å². The van der Waals surface area contributed by atoms with E-state index in [1.165, 1.54) is 12.1 Å². The monoisotopic (exact) mass is 327 g/mol. The fourth-order valence-electron chi connectivity index (χ4n) is 2.91. The van der Waals surface area contributed by atoms with Gasteiger partial charge < -0.3 is 0 Å². The largest absolute Gasteiger partial charge is 0.289 e. The van der Waals surface area contributed by atoms with Crippen LogP contribution in [0.4, 0.5) is 0 Å². The number of nitrogens with zero attached hydrogens (tertiary/aromatic N) is 1. The lowest BCUT2D eigenvalue weighted by molar-refractivity contribution is 0.105. The van der Waals surface area contributed by atoms with Crippen molar-refractivity contribution >= 4 is 21.2 Å². The standard InChI is InChI=1S/C18H17NO3S/c1-11-8-14-9-12(2)19-10-16(14)17(11)18(20)13-4-6-15(7-5-13)23(3,21)22/h4-7,9-10H,8H2,1-3H3. The molecule has 0 N–H and O–H groups in total. The number of rotatable bonds is 3. The van der Waals surface area contributed by atoms with Crippen LogP contribution >= 0.6 is 0 Å². The van der Waals surface area contributed by atoms with Gasteiger partial charge in [0.1, 0.15) is 0 Å². The van der Waals surface area contributed by atoms with Crippen molar-refractivity contribution in [2.75, 3.05) is 6.26 Å². The molecule has 0 spiro atoms. The minimum absolute atomic E-state index is 0.0908. The van der Waals surface area contributed by atoms with Crippen molar-refractivity contribution in [3.63, 3.8) is 0 Å². The molecule has 0 saturated heterocycles. The first-order valence-corrected chi connectivity index (χ1v) is 9.17. The van der Waals surface area contributed by atoms with Gasteiger partial charge in [0.25, 0.3) is 0 Å². The Morgan fingerprint density at radius 1 is 1.13 bits per heavy atom. The maximum Gasteiger partial charge on any atom is 0.193 e. The summed E-state index contributed by atoms with van der Waals surface area (Å²) in [5.74, 6) is -0.0908. The van der Waals surface area contributed by atoms with Crippen molar-refractivity contribution in [3.8, 4) is 0 Å². The zero-order valence-corrected chi connectivity index (χ0v) is 14.1. The number of hydrogen-bond donors (Lipinski definition) is 0. The molecule has 1 aromatic heterocycles. The Balaban J connectivity index is 2.00. The predicted octanol–water partition coefficient (Wildman–Crippen LogP) is 3.01. The van der Waals surface area contributed by atoms with Crippen molar-refractivity contribution in [2.45, 2.75) is 25.2 Å². The number of aryl methyl sites for hydroxylation is 1. The average Bonchev–Trinajstić information content (AvgIpc) is 2.80. The second-order valence-corrected chi connectivity index (χ2v) is 7.96. The third-order valence-corrected chi connectivity index (χ3v) is 5.18. The first-order valence-electron chi connectivity index (χ1n) is 7.28. The predicted molar refractivity (Wildman–Crippen MR) is 89.2 cm³/mol. The van der Waals surface area contributed by atoms with Crippen LogP contribution in [-0.2, 0) is 16.3 Å². The lowest BCUT2D eigenvalue weighted by Gasteiger charge is -2.07.